The summed E-state index contributed by atoms with van der Waals surface area (Å²) in [6.07, 6.45) is 4.42. The zero-order valence-electron chi connectivity index (χ0n) is 8.76. The molecule has 0 radical (unpaired) electrons. The van der Waals surface area contributed by atoms with Crippen LogP contribution in [0.4, 0.5) is 0 Å². The fourth-order valence-electron chi connectivity index (χ4n) is 1.93. The number of aryl methyl sites for hydroxylation is 1. The molecule has 1 aliphatic heterocycles. The van der Waals surface area contributed by atoms with E-state index in [1.807, 2.05) is 17.8 Å². The molecule has 1 fully saturated rings. The van der Waals surface area contributed by atoms with Gasteiger partial charge < -0.3 is 9.67 Å². The zero-order chi connectivity index (χ0) is 10.8. The van der Waals surface area contributed by atoms with Crippen molar-refractivity contribution in [2.45, 2.75) is 13.0 Å². The van der Waals surface area contributed by atoms with Crippen LogP contribution in [0.25, 0.3) is 0 Å². The van der Waals surface area contributed by atoms with Gasteiger partial charge in [0.05, 0.1) is 12.5 Å². The first-order chi connectivity index (χ1) is 7.16. The Balaban J connectivity index is 1.93. The SMILES string of the molecule is Cn1ccnc1CN1CCC(C(=O)O)C1. The van der Waals surface area contributed by atoms with Crippen molar-refractivity contribution in [3.63, 3.8) is 0 Å². The van der Waals surface area contributed by atoms with Gasteiger partial charge in [0.1, 0.15) is 5.82 Å². The largest absolute Gasteiger partial charge is 0.481 e. The number of imidazole rings is 1. The Bertz CT molecular complexity index is 361. The minimum absolute atomic E-state index is 0.203. The Morgan fingerprint density at radius 1 is 1.73 bits per heavy atom. The molecule has 0 aliphatic carbocycles. The first-order valence-electron chi connectivity index (χ1n) is 5.08. The molecule has 2 rings (SSSR count). The number of aromatic nitrogens is 2. The van der Waals surface area contributed by atoms with Crippen LogP contribution in [0.5, 0.6) is 0 Å². The Kier molecular flexibility index (Phi) is 2.73. The fraction of sp³-hybridized carbons (Fsp3) is 0.600. The Labute approximate surface area is 88.3 Å². The van der Waals surface area contributed by atoms with Crippen LogP contribution in [0, 0.1) is 5.92 Å². The molecule has 1 saturated heterocycles. The Hall–Kier alpha value is -1.36. The highest BCUT2D eigenvalue weighted by Crippen LogP contribution is 2.17. The monoisotopic (exact) mass is 209 g/mol. The lowest BCUT2D eigenvalue weighted by molar-refractivity contribution is -0.141. The highest BCUT2D eigenvalue weighted by Gasteiger charge is 2.28. The number of nitrogens with zero attached hydrogens (tertiary/aromatic N) is 3. The van der Waals surface area contributed by atoms with Crippen molar-refractivity contribution in [3.05, 3.63) is 18.2 Å². The molecule has 82 valence electrons. The summed E-state index contributed by atoms with van der Waals surface area (Å²) in [5.74, 6) is 0.101. The lowest BCUT2D eigenvalue weighted by Crippen LogP contribution is -2.24. The van der Waals surface area contributed by atoms with Gasteiger partial charge in [-0.2, -0.15) is 0 Å². The van der Waals surface area contributed by atoms with Gasteiger partial charge in [-0.05, 0) is 13.0 Å². The van der Waals surface area contributed by atoms with Gasteiger partial charge in [0, 0.05) is 26.0 Å². The van der Waals surface area contributed by atoms with Gasteiger partial charge in [-0.1, -0.05) is 0 Å². The average Bonchev–Trinajstić information content (AvgIpc) is 2.77. The third-order valence-corrected chi connectivity index (χ3v) is 2.91. The van der Waals surface area contributed by atoms with Crippen molar-refractivity contribution in [1.29, 1.82) is 0 Å². The number of aliphatic carboxylic acids is 1. The van der Waals surface area contributed by atoms with Crippen LogP contribution in [-0.4, -0.2) is 38.6 Å². The van der Waals surface area contributed by atoms with Crippen LogP contribution < -0.4 is 0 Å². The first kappa shape index (κ1) is 10.2. The van der Waals surface area contributed by atoms with E-state index in [0.717, 1.165) is 25.3 Å². The summed E-state index contributed by atoms with van der Waals surface area (Å²) in [5.41, 5.74) is 0. The summed E-state index contributed by atoms with van der Waals surface area (Å²) in [4.78, 5) is 17.1. The molecule has 1 N–H and O–H groups in total. The molecule has 1 atom stereocenters. The molecule has 2 heterocycles. The molecule has 1 aromatic heterocycles. The topological polar surface area (TPSA) is 58.4 Å². The van der Waals surface area contributed by atoms with Crippen molar-refractivity contribution < 1.29 is 9.90 Å². The number of rotatable bonds is 3. The second-order valence-corrected chi connectivity index (χ2v) is 4.01. The van der Waals surface area contributed by atoms with E-state index in [0.29, 0.717) is 6.54 Å². The molecule has 1 unspecified atom stereocenters. The summed E-state index contributed by atoms with van der Waals surface area (Å²) in [6, 6.07) is 0. The maximum atomic E-state index is 10.8. The highest BCUT2D eigenvalue weighted by atomic mass is 16.4. The Morgan fingerprint density at radius 3 is 3.07 bits per heavy atom. The van der Waals surface area contributed by atoms with Gasteiger partial charge in [-0.15, -0.1) is 0 Å². The van der Waals surface area contributed by atoms with Crippen molar-refractivity contribution in [3.8, 4) is 0 Å². The van der Waals surface area contributed by atoms with Crippen molar-refractivity contribution in [1.82, 2.24) is 14.5 Å². The van der Waals surface area contributed by atoms with E-state index in [2.05, 4.69) is 9.88 Å². The van der Waals surface area contributed by atoms with Gasteiger partial charge in [0.2, 0.25) is 0 Å². The third-order valence-electron chi connectivity index (χ3n) is 2.91. The number of carboxylic acids is 1. The normalized spacial score (nSPS) is 22.1. The summed E-state index contributed by atoms with van der Waals surface area (Å²) >= 11 is 0. The molecular weight excluding hydrogens is 194 g/mol. The van der Waals surface area contributed by atoms with Crippen LogP contribution >= 0.6 is 0 Å². The lowest BCUT2D eigenvalue weighted by atomic mass is 10.1. The van der Waals surface area contributed by atoms with E-state index in [1.165, 1.54) is 0 Å². The van der Waals surface area contributed by atoms with E-state index < -0.39 is 5.97 Å². The molecule has 1 aromatic rings. The molecule has 0 spiro atoms. The second-order valence-electron chi connectivity index (χ2n) is 4.01. The fourth-order valence-corrected chi connectivity index (χ4v) is 1.93. The van der Waals surface area contributed by atoms with Gasteiger partial charge in [0.25, 0.3) is 0 Å². The lowest BCUT2D eigenvalue weighted by Gasteiger charge is -2.14. The summed E-state index contributed by atoms with van der Waals surface area (Å²) in [7, 11) is 1.95. The van der Waals surface area contributed by atoms with Crippen molar-refractivity contribution in [2.75, 3.05) is 13.1 Å². The first-order valence-corrected chi connectivity index (χ1v) is 5.08. The third kappa shape index (κ3) is 2.18. The van der Waals surface area contributed by atoms with Crippen LogP contribution in [0.2, 0.25) is 0 Å². The van der Waals surface area contributed by atoms with Gasteiger partial charge in [-0.25, -0.2) is 4.98 Å². The summed E-state index contributed by atoms with van der Waals surface area (Å²) < 4.78 is 1.97. The number of hydrogen-bond donors (Lipinski definition) is 1. The van der Waals surface area contributed by atoms with Crippen molar-refractivity contribution in [2.24, 2.45) is 13.0 Å². The summed E-state index contributed by atoms with van der Waals surface area (Å²) in [6.45, 7) is 2.24. The molecule has 0 saturated carbocycles. The van der Waals surface area contributed by atoms with Crippen LogP contribution in [-0.2, 0) is 18.4 Å². The average molecular weight is 209 g/mol. The maximum absolute atomic E-state index is 10.8. The molecule has 0 aromatic carbocycles. The molecule has 15 heavy (non-hydrogen) atoms. The van der Waals surface area contributed by atoms with E-state index >= 15 is 0 Å². The molecule has 5 heteroatoms. The standard InChI is InChI=1S/C10H15N3O2/c1-12-5-3-11-9(12)7-13-4-2-8(6-13)10(14)15/h3,5,8H,2,4,6-7H2,1H3,(H,14,15). The minimum atomic E-state index is -0.683. The van der Waals surface area contributed by atoms with Gasteiger partial charge in [0.15, 0.2) is 0 Å². The van der Waals surface area contributed by atoms with E-state index in [4.69, 9.17) is 5.11 Å². The van der Waals surface area contributed by atoms with Crippen LogP contribution in [0.1, 0.15) is 12.2 Å². The van der Waals surface area contributed by atoms with E-state index in [-0.39, 0.29) is 5.92 Å². The number of carbonyl (C=O) groups is 1. The summed E-state index contributed by atoms with van der Waals surface area (Å²) in [5, 5.41) is 8.86. The van der Waals surface area contributed by atoms with E-state index in [1.54, 1.807) is 6.20 Å². The maximum Gasteiger partial charge on any atom is 0.307 e. The molecule has 5 nitrogen and oxygen atoms in total. The Morgan fingerprint density at radius 2 is 2.53 bits per heavy atom. The second kappa shape index (κ2) is 4.02. The molecular formula is C10H15N3O2. The van der Waals surface area contributed by atoms with Crippen LogP contribution in [0.15, 0.2) is 12.4 Å². The zero-order valence-corrected chi connectivity index (χ0v) is 8.76. The highest BCUT2D eigenvalue weighted by molar-refractivity contribution is 5.70. The van der Waals surface area contributed by atoms with E-state index in [9.17, 15) is 4.79 Å². The molecule has 1 aliphatic rings. The van der Waals surface area contributed by atoms with Gasteiger partial charge >= 0.3 is 5.97 Å². The predicted octanol–water partition coefficient (Wildman–Crippen LogP) is 0.327. The van der Waals surface area contributed by atoms with Crippen LogP contribution in [0.3, 0.4) is 0 Å². The number of hydrogen-bond acceptors (Lipinski definition) is 3. The number of likely N-dealkylation sites (tertiary alicyclic amines) is 1. The molecule has 0 amide bonds. The number of carboxylic acid groups (broad SMARTS) is 1. The molecule has 0 bridgehead atoms. The minimum Gasteiger partial charge on any atom is -0.481 e. The van der Waals surface area contributed by atoms with Crippen molar-refractivity contribution >= 4 is 5.97 Å². The van der Waals surface area contributed by atoms with Gasteiger partial charge in [-0.3, -0.25) is 9.69 Å². The smallest absolute Gasteiger partial charge is 0.307 e. The quantitative estimate of drug-likeness (QED) is 0.779. The predicted molar refractivity (Wildman–Crippen MR) is 54.2 cm³/mol.